The first-order valence-electron chi connectivity index (χ1n) is 5.76. The highest BCUT2D eigenvalue weighted by Gasteiger charge is 2.23. The maximum Gasteiger partial charge on any atom is 0.126 e. The molecule has 0 radical (unpaired) electrons. The Balaban J connectivity index is 2.32. The molecule has 0 bridgehead atoms. The fraction of sp³-hybridized carbons (Fsp3) is 0.214. The molecular weight excluding hydrogens is 231 g/mol. The highest BCUT2D eigenvalue weighted by molar-refractivity contribution is 5.27. The quantitative estimate of drug-likeness (QED) is 0.867. The minimum Gasteiger partial charge on any atom is -0.388 e. The van der Waals surface area contributed by atoms with Gasteiger partial charge in [0.25, 0.3) is 0 Å². The zero-order valence-corrected chi connectivity index (χ0v) is 9.83. The molecule has 0 spiro atoms. The van der Waals surface area contributed by atoms with Gasteiger partial charge < -0.3 is 10.8 Å². The Hall–Kier alpha value is -1.78. The van der Waals surface area contributed by atoms with Crippen LogP contribution in [-0.2, 0) is 0 Å². The normalized spacial score (nSPS) is 14.2. The van der Waals surface area contributed by atoms with Gasteiger partial charge in [-0.3, -0.25) is 4.98 Å². The molecule has 3 nitrogen and oxygen atoms in total. The number of benzene rings is 1. The SMILES string of the molecule is NCC(c1ccccc1F)C(O)c1cccnc1. The Morgan fingerprint density at radius 1 is 1.22 bits per heavy atom. The van der Waals surface area contributed by atoms with Crippen LogP contribution in [0.1, 0.15) is 23.1 Å². The zero-order chi connectivity index (χ0) is 13.0. The van der Waals surface area contributed by atoms with Gasteiger partial charge in [0.05, 0.1) is 6.10 Å². The maximum absolute atomic E-state index is 13.7. The molecule has 0 saturated carbocycles. The van der Waals surface area contributed by atoms with Crippen molar-refractivity contribution in [3.63, 3.8) is 0 Å². The van der Waals surface area contributed by atoms with Crippen molar-refractivity contribution in [2.75, 3.05) is 6.54 Å². The topological polar surface area (TPSA) is 59.1 Å². The summed E-state index contributed by atoms with van der Waals surface area (Å²) in [5.41, 5.74) is 6.73. The largest absolute Gasteiger partial charge is 0.388 e. The van der Waals surface area contributed by atoms with Crippen LogP contribution in [0.25, 0.3) is 0 Å². The number of nitrogens with zero attached hydrogens (tertiary/aromatic N) is 1. The van der Waals surface area contributed by atoms with E-state index >= 15 is 0 Å². The minimum absolute atomic E-state index is 0.164. The second-order valence-corrected chi connectivity index (χ2v) is 4.09. The smallest absolute Gasteiger partial charge is 0.126 e. The third kappa shape index (κ3) is 2.55. The molecule has 1 aromatic carbocycles. The van der Waals surface area contributed by atoms with Crippen LogP contribution in [-0.4, -0.2) is 16.6 Å². The number of aromatic nitrogens is 1. The van der Waals surface area contributed by atoms with Crippen molar-refractivity contribution in [3.8, 4) is 0 Å². The number of nitrogens with two attached hydrogens (primary N) is 1. The van der Waals surface area contributed by atoms with E-state index in [2.05, 4.69) is 4.98 Å². The predicted octanol–water partition coefficient (Wildman–Crippen LogP) is 2.00. The molecule has 0 aliphatic rings. The summed E-state index contributed by atoms with van der Waals surface area (Å²) in [5.74, 6) is -0.828. The molecule has 1 heterocycles. The molecule has 2 unspecified atom stereocenters. The lowest BCUT2D eigenvalue weighted by molar-refractivity contribution is 0.145. The number of rotatable bonds is 4. The predicted molar refractivity (Wildman–Crippen MR) is 67.4 cm³/mol. The summed E-state index contributed by atoms with van der Waals surface area (Å²) in [6, 6.07) is 9.84. The van der Waals surface area contributed by atoms with Gasteiger partial charge in [0, 0.05) is 24.9 Å². The first-order valence-corrected chi connectivity index (χ1v) is 5.76. The van der Waals surface area contributed by atoms with Crippen molar-refractivity contribution in [1.29, 1.82) is 0 Å². The average molecular weight is 246 g/mol. The molecule has 0 amide bonds. The maximum atomic E-state index is 13.7. The second kappa shape index (κ2) is 5.71. The Morgan fingerprint density at radius 2 is 2.00 bits per heavy atom. The molecule has 0 aliphatic carbocycles. The molecule has 0 aliphatic heterocycles. The van der Waals surface area contributed by atoms with Crippen molar-refractivity contribution in [1.82, 2.24) is 4.98 Å². The van der Waals surface area contributed by atoms with Crippen LogP contribution in [0.5, 0.6) is 0 Å². The summed E-state index contributed by atoms with van der Waals surface area (Å²) < 4.78 is 13.7. The van der Waals surface area contributed by atoms with Gasteiger partial charge in [-0.05, 0) is 23.3 Å². The standard InChI is InChI=1S/C14H15FN2O/c15-13-6-2-1-5-11(13)12(8-16)14(18)10-4-3-7-17-9-10/h1-7,9,12,14,18H,8,16H2. The third-order valence-corrected chi connectivity index (χ3v) is 2.97. The van der Waals surface area contributed by atoms with Gasteiger partial charge in [-0.15, -0.1) is 0 Å². The molecule has 18 heavy (non-hydrogen) atoms. The summed E-state index contributed by atoms with van der Waals surface area (Å²) in [5, 5.41) is 10.3. The number of halogens is 1. The van der Waals surface area contributed by atoms with Gasteiger partial charge in [-0.25, -0.2) is 4.39 Å². The summed E-state index contributed by atoms with van der Waals surface area (Å²) in [6.45, 7) is 0.164. The molecule has 1 aromatic heterocycles. The van der Waals surface area contributed by atoms with E-state index in [1.54, 1.807) is 42.7 Å². The summed E-state index contributed by atoms with van der Waals surface area (Å²) >= 11 is 0. The molecular formula is C14H15FN2O. The Labute approximate surface area is 105 Å². The summed E-state index contributed by atoms with van der Waals surface area (Å²) in [7, 11) is 0. The molecule has 0 saturated heterocycles. The molecule has 2 atom stereocenters. The number of hydrogen-bond acceptors (Lipinski definition) is 3. The number of aliphatic hydroxyl groups is 1. The lowest BCUT2D eigenvalue weighted by atomic mass is 9.89. The van der Waals surface area contributed by atoms with Crippen LogP contribution in [0.15, 0.2) is 48.8 Å². The number of hydrogen-bond donors (Lipinski definition) is 2. The molecule has 2 rings (SSSR count). The molecule has 3 N–H and O–H groups in total. The van der Waals surface area contributed by atoms with Crippen molar-refractivity contribution in [2.45, 2.75) is 12.0 Å². The van der Waals surface area contributed by atoms with Crippen LogP contribution in [0.2, 0.25) is 0 Å². The van der Waals surface area contributed by atoms with Gasteiger partial charge in [0.15, 0.2) is 0 Å². The summed E-state index contributed by atoms with van der Waals surface area (Å²) in [6.07, 6.45) is 2.32. The van der Waals surface area contributed by atoms with Gasteiger partial charge in [0.1, 0.15) is 5.82 Å². The lowest BCUT2D eigenvalue weighted by Crippen LogP contribution is -2.21. The number of aliphatic hydroxyl groups excluding tert-OH is 1. The van der Waals surface area contributed by atoms with Crippen molar-refractivity contribution >= 4 is 0 Å². The van der Waals surface area contributed by atoms with E-state index in [0.717, 1.165) is 0 Å². The zero-order valence-electron chi connectivity index (χ0n) is 9.83. The second-order valence-electron chi connectivity index (χ2n) is 4.09. The van der Waals surface area contributed by atoms with Crippen molar-refractivity contribution < 1.29 is 9.50 Å². The first kappa shape index (κ1) is 12.7. The van der Waals surface area contributed by atoms with E-state index in [1.165, 1.54) is 6.07 Å². The van der Waals surface area contributed by atoms with Crippen LogP contribution in [0, 0.1) is 5.82 Å². The molecule has 0 fully saturated rings. The van der Waals surface area contributed by atoms with E-state index in [4.69, 9.17) is 5.73 Å². The van der Waals surface area contributed by atoms with E-state index in [1.807, 2.05) is 0 Å². The van der Waals surface area contributed by atoms with Gasteiger partial charge >= 0.3 is 0 Å². The minimum atomic E-state index is -0.861. The van der Waals surface area contributed by atoms with E-state index in [-0.39, 0.29) is 12.4 Å². The van der Waals surface area contributed by atoms with Gasteiger partial charge in [-0.2, -0.15) is 0 Å². The Bertz CT molecular complexity index is 504. The number of pyridine rings is 1. The highest BCUT2D eigenvalue weighted by atomic mass is 19.1. The van der Waals surface area contributed by atoms with Crippen molar-refractivity contribution in [2.24, 2.45) is 5.73 Å². The molecule has 2 aromatic rings. The van der Waals surface area contributed by atoms with E-state index in [9.17, 15) is 9.50 Å². The monoisotopic (exact) mass is 246 g/mol. The van der Waals surface area contributed by atoms with Crippen molar-refractivity contribution in [3.05, 3.63) is 65.7 Å². The highest BCUT2D eigenvalue weighted by Crippen LogP contribution is 2.30. The summed E-state index contributed by atoms with van der Waals surface area (Å²) in [4.78, 5) is 3.94. The van der Waals surface area contributed by atoms with Crippen LogP contribution < -0.4 is 5.73 Å². The Kier molecular flexibility index (Phi) is 4.02. The van der Waals surface area contributed by atoms with Crippen LogP contribution in [0.4, 0.5) is 4.39 Å². The fourth-order valence-corrected chi connectivity index (χ4v) is 1.98. The van der Waals surface area contributed by atoms with Gasteiger partial charge in [-0.1, -0.05) is 24.3 Å². The van der Waals surface area contributed by atoms with Crippen LogP contribution in [0.3, 0.4) is 0 Å². The lowest BCUT2D eigenvalue weighted by Gasteiger charge is -2.22. The fourth-order valence-electron chi connectivity index (χ4n) is 1.98. The van der Waals surface area contributed by atoms with E-state index in [0.29, 0.717) is 11.1 Å². The van der Waals surface area contributed by atoms with E-state index < -0.39 is 12.0 Å². The molecule has 4 heteroatoms. The first-order chi connectivity index (χ1) is 8.74. The van der Waals surface area contributed by atoms with Gasteiger partial charge in [0.2, 0.25) is 0 Å². The Morgan fingerprint density at radius 3 is 2.61 bits per heavy atom. The average Bonchev–Trinajstić information content (AvgIpc) is 2.42. The van der Waals surface area contributed by atoms with Crippen LogP contribution >= 0.6 is 0 Å². The third-order valence-electron chi connectivity index (χ3n) is 2.97. The molecule has 94 valence electrons.